The summed E-state index contributed by atoms with van der Waals surface area (Å²) in [6, 6.07) is 6.04. The van der Waals surface area contributed by atoms with Crippen LogP contribution in [0.4, 0.5) is 0 Å². The van der Waals surface area contributed by atoms with E-state index in [9.17, 15) is 0 Å². The lowest BCUT2D eigenvalue weighted by molar-refractivity contribution is 0.199. The van der Waals surface area contributed by atoms with Crippen LogP contribution in [0.3, 0.4) is 0 Å². The van der Waals surface area contributed by atoms with Gasteiger partial charge < -0.3 is 20.1 Å². The second kappa shape index (κ2) is 6.07. The third-order valence-electron chi connectivity index (χ3n) is 3.30. The van der Waals surface area contributed by atoms with Crippen LogP contribution in [-0.2, 0) is 6.42 Å². The predicted molar refractivity (Wildman–Crippen MR) is 72.3 cm³/mol. The minimum Gasteiger partial charge on any atom is -0.493 e. The number of methoxy groups -OCH3 is 1. The molecule has 0 aliphatic carbocycles. The fourth-order valence-electron chi connectivity index (χ4n) is 2.31. The molecule has 1 aromatic carbocycles. The van der Waals surface area contributed by atoms with E-state index in [4.69, 9.17) is 15.2 Å². The summed E-state index contributed by atoms with van der Waals surface area (Å²) in [5.41, 5.74) is 6.78. The summed E-state index contributed by atoms with van der Waals surface area (Å²) in [7, 11) is 3.79. The molecule has 1 heterocycles. The lowest BCUT2D eigenvalue weighted by Gasteiger charge is -2.17. The molecule has 0 bridgehead atoms. The van der Waals surface area contributed by atoms with E-state index in [0.29, 0.717) is 6.54 Å². The van der Waals surface area contributed by atoms with Crippen molar-refractivity contribution in [2.45, 2.75) is 18.9 Å². The maximum absolute atomic E-state index is 6.05. The number of likely N-dealkylation sites (tertiary alicyclic amines) is 1. The van der Waals surface area contributed by atoms with Crippen molar-refractivity contribution in [1.29, 1.82) is 0 Å². The van der Waals surface area contributed by atoms with Gasteiger partial charge in [-0.25, -0.2) is 0 Å². The van der Waals surface area contributed by atoms with Crippen LogP contribution in [0.1, 0.15) is 12.0 Å². The number of ether oxygens (including phenoxy) is 2. The molecule has 0 spiro atoms. The summed E-state index contributed by atoms with van der Waals surface area (Å²) < 4.78 is 11.4. The Bertz CT molecular complexity index is 395. The molecule has 0 amide bonds. The van der Waals surface area contributed by atoms with Crippen molar-refractivity contribution in [3.63, 3.8) is 0 Å². The first-order valence-electron chi connectivity index (χ1n) is 6.45. The van der Waals surface area contributed by atoms with Gasteiger partial charge in [-0.2, -0.15) is 0 Å². The normalized spacial score (nSPS) is 20.1. The number of hydrogen-bond donors (Lipinski definition) is 1. The molecule has 4 heteroatoms. The second-order valence-corrected chi connectivity index (χ2v) is 4.81. The quantitative estimate of drug-likeness (QED) is 0.855. The van der Waals surface area contributed by atoms with E-state index in [0.717, 1.165) is 37.4 Å². The van der Waals surface area contributed by atoms with Gasteiger partial charge in [-0.3, -0.25) is 0 Å². The van der Waals surface area contributed by atoms with Crippen molar-refractivity contribution in [1.82, 2.24) is 4.90 Å². The molecule has 1 atom stereocenters. The van der Waals surface area contributed by atoms with E-state index in [1.54, 1.807) is 7.11 Å². The van der Waals surface area contributed by atoms with Crippen LogP contribution in [0.2, 0.25) is 0 Å². The zero-order valence-corrected chi connectivity index (χ0v) is 11.2. The molecule has 2 N–H and O–H groups in total. The fourth-order valence-corrected chi connectivity index (χ4v) is 2.31. The Labute approximate surface area is 109 Å². The minimum atomic E-state index is 0.261. The highest BCUT2D eigenvalue weighted by molar-refractivity contribution is 5.43. The van der Waals surface area contributed by atoms with Gasteiger partial charge in [0.2, 0.25) is 0 Å². The molecule has 0 aromatic heterocycles. The minimum absolute atomic E-state index is 0.261. The van der Waals surface area contributed by atoms with E-state index in [-0.39, 0.29) is 6.10 Å². The number of rotatable bonds is 5. The number of hydrogen-bond acceptors (Lipinski definition) is 4. The molecule has 2 rings (SSSR count). The SMILES string of the molecule is COc1ccc(CCN)cc1OC1CCN(C)C1. The van der Waals surface area contributed by atoms with E-state index >= 15 is 0 Å². The van der Waals surface area contributed by atoms with Gasteiger partial charge in [-0.05, 0) is 44.1 Å². The maximum Gasteiger partial charge on any atom is 0.161 e. The van der Waals surface area contributed by atoms with Crippen LogP contribution in [0.25, 0.3) is 0 Å². The molecule has 0 saturated carbocycles. The maximum atomic E-state index is 6.05. The molecule has 4 nitrogen and oxygen atoms in total. The van der Waals surface area contributed by atoms with Crippen molar-refractivity contribution in [3.8, 4) is 11.5 Å². The standard InChI is InChI=1S/C14H22N2O2/c1-16-8-6-12(10-16)18-14-9-11(5-7-15)3-4-13(14)17-2/h3-4,9,12H,5-8,10,15H2,1-2H3. The Balaban J connectivity index is 2.11. The summed E-state index contributed by atoms with van der Waals surface area (Å²) in [4.78, 5) is 2.28. The number of nitrogens with zero attached hydrogens (tertiary/aromatic N) is 1. The molecule has 100 valence electrons. The fraction of sp³-hybridized carbons (Fsp3) is 0.571. The molecule has 1 saturated heterocycles. The smallest absolute Gasteiger partial charge is 0.161 e. The molecule has 1 aliphatic heterocycles. The first-order valence-corrected chi connectivity index (χ1v) is 6.45. The lowest BCUT2D eigenvalue weighted by Crippen LogP contribution is -2.21. The Morgan fingerprint density at radius 3 is 2.83 bits per heavy atom. The summed E-state index contributed by atoms with van der Waals surface area (Å²) >= 11 is 0. The highest BCUT2D eigenvalue weighted by atomic mass is 16.5. The van der Waals surface area contributed by atoms with Gasteiger partial charge in [0.05, 0.1) is 7.11 Å². The largest absolute Gasteiger partial charge is 0.493 e. The van der Waals surface area contributed by atoms with Gasteiger partial charge in [-0.1, -0.05) is 6.07 Å². The summed E-state index contributed by atoms with van der Waals surface area (Å²) in [5.74, 6) is 1.63. The number of likely N-dealkylation sites (N-methyl/N-ethyl adjacent to an activating group) is 1. The van der Waals surface area contributed by atoms with E-state index in [2.05, 4.69) is 11.9 Å². The first kappa shape index (κ1) is 13.2. The van der Waals surface area contributed by atoms with E-state index in [1.165, 1.54) is 5.56 Å². The van der Waals surface area contributed by atoms with Crippen LogP contribution in [-0.4, -0.2) is 44.8 Å². The first-order chi connectivity index (χ1) is 8.72. The zero-order valence-electron chi connectivity index (χ0n) is 11.2. The molecule has 1 aromatic rings. The molecule has 1 unspecified atom stereocenters. The topological polar surface area (TPSA) is 47.7 Å². The molecule has 1 aliphatic rings. The Morgan fingerprint density at radius 2 is 2.22 bits per heavy atom. The molecule has 18 heavy (non-hydrogen) atoms. The predicted octanol–water partition coefficient (Wildman–Crippen LogP) is 1.28. The van der Waals surface area contributed by atoms with Gasteiger partial charge in [0, 0.05) is 13.1 Å². The van der Waals surface area contributed by atoms with Crippen molar-refractivity contribution >= 4 is 0 Å². The Kier molecular flexibility index (Phi) is 4.44. The number of nitrogens with two attached hydrogens (primary N) is 1. The summed E-state index contributed by atoms with van der Waals surface area (Å²) in [6.45, 7) is 2.72. The molecular weight excluding hydrogens is 228 g/mol. The highest BCUT2D eigenvalue weighted by Crippen LogP contribution is 2.30. The van der Waals surface area contributed by atoms with Crippen LogP contribution in [0.15, 0.2) is 18.2 Å². The van der Waals surface area contributed by atoms with Crippen molar-refractivity contribution < 1.29 is 9.47 Å². The molecule has 1 fully saturated rings. The molecular formula is C14H22N2O2. The van der Waals surface area contributed by atoms with Gasteiger partial charge >= 0.3 is 0 Å². The van der Waals surface area contributed by atoms with Crippen molar-refractivity contribution in [2.75, 3.05) is 33.8 Å². The van der Waals surface area contributed by atoms with Crippen LogP contribution >= 0.6 is 0 Å². The highest BCUT2D eigenvalue weighted by Gasteiger charge is 2.22. The molecule has 0 radical (unpaired) electrons. The van der Waals surface area contributed by atoms with Crippen molar-refractivity contribution in [2.24, 2.45) is 5.73 Å². The average Bonchev–Trinajstić information content (AvgIpc) is 2.76. The van der Waals surface area contributed by atoms with Crippen LogP contribution < -0.4 is 15.2 Å². The monoisotopic (exact) mass is 250 g/mol. The van der Waals surface area contributed by atoms with E-state index < -0.39 is 0 Å². The average molecular weight is 250 g/mol. The van der Waals surface area contributed by atoms with Gasteiger partial charge in [-0.15, -0.1) is 0 Å². The Hall–Kier alpha value is -1.26. The Morgan fingerprint density at radius 1 is 1.39 bits per heavy atom. The van der Waals surface area contributed by atoms with Gasteiger partial charge in [0.1, 0.15) is 6.10 Å². The van der Waals surface area contributed by atoms with Gasteiger partial charge in [0.15, 0.2) is 11.5 Å². The van der Waals surface area contributed by atoms with Crippen LogP contribution in [0.5, 0.6) is 11.5 Å². The third-order valence-corrected chi connectivity index (χ3v) is 3.30. The van der Waals surface area contributed by atoms with Crippen LogP contribution in [0, 0.1) is 0 Å². The third kappa shape index (κ3) is 3.15. The summed E-state index contributed by atoms with van der Waals surface area (Å²) in [6.07, 6.45) is 2.20. The second-order valence-electron chi connectivity index (χ2n) is 4.81. The zero-order chi connectivity index (χ0) is 13.0. The van der Waals surface area contributed by atoms with E-state index in [1.807, 2.05) is 18.2 Å². The lowest BCUT2D eigenvalue weighted by atomic mass is 10.1. The van der Waals surface area contributed by atoms with Crippen molar-refractivity contribution in [3.05, 3.63) is 23.8 Å². The van der Waals surface area contributed by atoms with Gasteiger partial charge in [0.25, 0.3) is 0 Å². The number of benzene rings is 1. The summed E-state index contributed by atoms with van der Waals surface area (Å²) in [5, 5.41) is 0.